The Morgan fingerprint density at radius 2 is 1.96 bits per heavy atom. The molecule has 0 aliphatic heterocycles. The van der Waals surface area contributed by atoms with Crippen LogP contribution in [0.1, 0.15) is 5.56 Å². The highest BCUT2D eigenvalue weighted by molar-refractivity contribution is 5.90. The van der Waals surface area contributed by atoms with Crippen molar-refractivity contribution >= 4 is 17.3 Å². The van der Waals surface area contributed by atoms with E-state index in [1.165, 1.54) is 10.7 Å². The fourth-order valence-corrected chi connectivity index (χ4v) is 3.05. The van der Waals surface area contributed by atoms with E-state index >= 15 is 0 Å². The molecule has 4 rings (SSSR count). The van der Waals surface area contributed by atoms with Crippen LogP contribution in [0.3, 0.4) is 0 Å². The second-order valence-electron chi connectivity index (χ2n) is 5.88. The molecule has 0 unspecified atom stereocenters. The zero-order chi connectivity index (χ0) is 18.1. The zero-order valence-corrected chi connectivity index (χ0v) is 13.8. The van der Waals surface area contributed by atoms with Gasteiger partial charge in [0, 0.05) is 34.8 Å². The van der Waals surface area contributed by atoms with E-state index in [0.29, 0.717) is 12.0 Å². The summed E-state index contributed by atoms with van der Waals surface area (Å²) in [5.74, 6) is -0.323. The first kappa shape index (κ1) is 16.1. The Morgan fingerprint density at radius 3 is 2.77 bits per heavy atom. The van der Waals surface area contributed by atoms with Crippen molar-refractivity contribution in [1.82, 2.24) is 14.8 Å². The van der Waals surface area contributed by atoms with Crippen LogP contribution in [0.25, 0.3) is 33.3 Å². The molecular formula is C20H15FN4O. The number of hydrogen-bond acceptors (Lipinski definition) is 4. The first-order chi connectivity index (χ1) is 12.7. The predicted molar refractivity (Wildman–Crippen MR) is 98.4 cm³/mol. The van der Waals surface area contributed by atoms with E-state index in [1.54, 1.807) is 24.5 Å². The summed E-state index contributed by atoms with van der Waals surface area (Å²) in [5.41, 5.74) is 10.2. The lowest BCUT2D eigenvalue weighted by molar-refractivity contribution is 0.542. The minimum Gasteiger partial charge on any atom is -0.326 e. The molecular weight excluding hydrogens is 331 g/mol. The van der Waals surface area contributed by atoms with E-state index in [-0.39, 0.29) is 12.4 Å². The summed E-state index contributed by atoms with van der Waals surface area (Å²) < 4.78 is 15.1. The normalized spacial score (nSPS) is 11.0. The number of nitrogens with zero attached hydrogens (tertiary/aromatic N) is 3. The molecule has 128 valence electrons. The number of aromatic nitrogens is 3. The summed E-state index contributed by atoms with van der Waals surface area (Å²) >= 11 is 0. The topological polar surface area (TPSA) is 73.8 Å². The molecule has 0 aliphatic rings. The Labute approximate surface area is 148 Å². The van der Waals surface area contributed by atoms with Crippen LogP contribution < -0.4 is 5.73 Å². The van der Waals surface area contributed by atoms with Gasteiger partial charge in [-0.2, -0.15) is 5.10 Å². The number of fused-ring (bicyclic) bond motifs is 1. The molecule has 0 amide bonds. The lowest BCUT2D eigenvalue weighted by Gasteiger charge is -2.11. The van der Waals surface area contributed by atoms with Crippen molar-refractivity contribution in [3.63, 3.8) is 0 Å². The van der Waals surface area contributed by atoms with E-state index in [0.717, 1.165) is 33.3 Å². The highest BCUT2D eigenvalue weighted by Crippen LogP contribution is 2.32. The minimum atomic E-state index is -0.323. The number of nitrogens with two attached hydrogens (primary N) is 1. The van der Waals surface area contributed by atoms with E-state index in [1.807, 2.05) is 30.3 Å². The summed E-state index contributed by atoms with van der Waals surface area (Å²) in [6.07, 6.45) is 4.02. The average Bonchev–Trinajstić information content (AvgIpc) is 3.10. The standard InChI is InChI=1S/C20H15FN4O/c21-18-5-3-14(9-15(18)10-22)20-17(2-1-7-23-20)13-4-6-19-16(8-13)11-24-25(19)12-26/h1-9,11-12H,10,22H2. The maximum Gasteiger partial charge on any atom is 0.234 e. The van der Waals surface area contributed by atoms with Crippen molar-refractivity contribution in [2.24, 2.45) is 5.73 Å². The van der Waals surface area contributed by atoms with Crippen LogP contribution in [0.5, 0.6) is 0 Å². The first-order valence-corrected chi connectivity index (χ1v) is 8.08. The number of carbonyl (C=O) groups is 1. The van der Waals surface area contributed by atoms with Crippen LogP contribution in [0, 0.1) is 5.82 Å². The SMILES string of the molecule is NCc1cc(-c2ncccc2-c2ccc3c(cnn3C=O)c2)ccc1F. The van der Waals surface area contributed by atoms with Gasteiger partial charge in [0.05, 0.1) is 17.4 Å². The maximum atomic E-state index is 13.8. The third-order valence-corrected chi connectivity index (χ3v) is 4.35. The van der Waals surface area contributed by atoms with E-state index in [9.17, 15) is 9.18 Å². The molecule has 0 saturated carbocycles. The van der Waals surface area contributed by atoms with Crippen LogP contribution in [0.2, 0.25) is 0 Å². The Morgan fingerprint density at radius 1 is 1.12 bits per heavy atom. The van der Waals surface area contributed by atoms with Gasteiger partial charge in [-0.15, -0.1) is 0 Å². The highest BCUT2D eigenvalue weighted by Gasteiger charge is 2.12. The van der Waals surface area contributed by atoms with Gasteiger partial charge in [0.2, 0.25) is 6.41 Å². The van der Waals surface area contributed by atoms with Gasteiger partial charge in [-0.3, -0.25) is 9.78 Å². The van der Waals surface area contributed by atoms with Crippen molar-refractivity contribution in [2.75, 3.05) is 0 Å². The van der Waals surface area contributed by atoms with Gasteiger partial charge in [-0.1, -0.05) is 12.1 Å². The fraction of sp³-hybridized carbons (Fsp3) is 0.0500. The zero-order valence-electron chi connectivity index (χ0n) is 13.8. The summed E-state index contributed by atoms with van der Waals surface area (Å²) in [6.45, 7) is 0.124. The molecule has 6 heteroatoms. The average molecular weight is 346 g/mol. The molecule has 0 atom stereocenters. The Bertz CT molecular complexity index is 1120. The molecule has 4 aromatic rings. The van der Waals surface area contributed by atoms with Gasteiger partial charge in [0.15, 0.2) is 0 Å². The van der Waals surface area contributed by atoms with E-state index < -0.39 is 0 Å². The summed E-state index contributed by atoms with van der Waals surface area (Å²) in [5, 5.41) is 4.89. The largest absolute Gasteiger partial charge is 0.326 e. The molecule has 26 heavy (non-hydrogen) atoms. The number of benzene rings is 2. The van der Waals surface area contributed by atoms with Crippen LogP contribution in [0.4, 0.5) is 4.39 Å². The summed E-state index contributed by atoms with van der Waals surface area (Å²) in [4.78, 5) is 15.5. The Kier molecular flexibility index (Phi) is 4.02. The van der Waals surface area contributed by atoms with Gasteiger partial charge in [-0.05, 0) is 42.0 Å². The molecule has 0 bridgehead atoms. The molecule has 2 aromatic carbocycles. The van der Waals surface area contributed by atoms with Crippen molar-refractivity contribution < 1.29 is 9.18 Å². The molecule has 2 N–H and O–H groups in total. The lowest BCUT2D eigenvalue weighted by Crippen LogP contribution is -2.00. The van der Waals surface area contributed by atoms with Crippen molar-refractivity contribution in [2.45, 2.75) is 6.54 Å². The number of hydrogen-bond donors (Lipinski definition) is 1. The molecule has 0 aliphatic carbocycles. The monoisotopic (exact) mass is 346 g/mol. The molecule has 0 radical (unpaired) electrons. The van der Waals surface area contributed by atoms with Crippen LogP contribution in [-0.4, -0.2) is 21.2 Å². The quantitative estimate of drug-likeness (QED) is 0.575. The predicted octanol–water partition coefficient (Wildman–Crippen LogP) is 3.40. The van der Waals surface area contributed by atoms with Gasteiger partial charge in [0.25, 0.3) is 0 Å². The van der Waals surface area contributed by atoms with Gasteiger partial charge in [-0.25, -0.2) is 9.07 Å². The number of halogens is 1. The maximum absolute atomic E-state index is 13.8. The molecule has 0 saturated heterocycles. The fourth-order valence-electron chi connectivity index (χ4n) is 3.05. The van der Waals surface area contributed by atoms with Crippen LogP contribution >= 0.6 is 0 Å². The second kappa shape index (κ2) is 6.50. The van der Waals surface area contributed by atoms with Crippen molar-refractivity contribution in [3.05, 3.63) is 72.3 Å². The molecule has 5 nitrogen and oxygen atoms in total. The smallest absolute Gasteiger partial charge is 0.234 e. The minimum absolute atomic E-state index is 0.124. The van der Waals surface area contributed by atoms with Gasteiger partial charge >= 0.3 is 0 Å². The Hall–Kier alpha value is -3.38. The molecule has 2 aromatic heterocycles. The van der Waals surface area contributed by atoms with Crippen molar-refractivity contribution in [1.29, 1.82) is 0 Å². The summed E-state index contributed by atoms with van der Waals surface area (Å²) in [7, 11) is 0. The van der Waals surface area contributed by atoms with Gasteiger partial charge < -0.3 is 5.73 Å². The molecule has 2 heterocycles. The third kappa shape index (κ3) is 2.66. The highest BCUT2D eigenvalue weighted by atomic mass is 19.1. The van der Waals surface area contributed by atoms with Gasteiger partial charge in [0.1, 0.15) is 5.82 Å². The second-order valence-corrected chi connectivity index (χ2v) is 5.88. The molecule has 0 spiro atoms. The third-order valence-electron chi connectivity index (χ3n) is 4.35. The number of pyridine rings is 1. The number of rotatable bonds is 4. The van der Waals surface area contributed by atoms with E-state index in [4.69, 9.17) is 5.73 Å². The Balaban J connectivity index is 1.87. The van der Waals surface area contributed by atoms with E-state index in [2.05, 4.69) is 10.1 Å². The molecule has 0 fully saturated rings. The first-order valence-electron chi connectivity index (χ1n) is 8.08. The summed E-state index contributed by atoms with van der Waals surface area (Å²) in [6, 6.07) is 14.4. The van der Waals surface area contributed by atoms with Crippen molar-refractivity contribution in [3.8, 4) is 22.4 Å². The number of carbonyl (C=O) groups excluding carboxylic acids is 1. The van der Waals surface area contributed by atoms with Crippen LogP contribution in [-0.2, 0) is 11.3 Å². The van der Waals surface area contributed by atoms with Crippen LogP contribution in [0.15, 0.2) is 60.9 Å². The lowest BCUT2D eigenvalue weighted by atomic mass is 9.97.